The summed E-state index contributed by atoms with van der Waals surface area (Å²) in [5, 5.41) is 5.47. The van der Waals surface area contributed by atoms with Gasteiger partial charge < -0.3 is 14.2 Å². The maximum Gasteiger partial charge on any atom is 0.264 e. The summed E-state index contributed by atoms with van der Waals surface area (Å²) in [6.07, 6.45) is 7.75. The first-order valence-electron chi connectivity index (χ1n) is 14.4. The number of hydrogen-bond donors (Lipinski definition) is 0. The molecule has 1 saturated heterocycles. The number of anilines is 2. The number of hydrogen-bond acceptors (Lipinski definition) is 4. The van der Waals surface area contributed by atoms with Crippen LogP contribution < -0.4 is 10.5 Å². The first-order chi connectivity index (χ1) is 19.4. The number of halogens is 2. The van der Waals surface area contributed by atoms with E-state index in [1.165, 1.54) is 5.56 Å². The standard InChI is InChI=1S/C32H34F2N4O2/c1-19-12-26-28(36(2)32(19)39)14-22(20-8-9-20)15-29(26)37-10-5-6-21-13-24(25(31(33)34)16-27(21)37)23-17-35-38(18-23)30-7-3-4-11-40-30/h12-18,20,30-31H,3-11H2,1-2H3. The van der Waals surface area contributed by atoms with Crippen molar-refractivity contribution in [1.82, 2.24) is 14.3 Å². The summed E-state index contributed by atoms with van der Waals surface area (Å²) in [6.45, 7) is 3.27. The van der Waals surface area contributed by atoms with E-state index in [0.29, 0.717) is 29.2 Å². The number of benzene rings is 2. The summed E-state index contributed by atoms with van der Waals surface area (Å²) in [7, 11) is 1.82. The molecule has 1 unspecified atom stereocenters. The van der Waals surface area contributed by atoms with Crippen LogP contribution in [0.3, 0.4) is 0 Å². The molecule has 4 aromatic rings. The second kappa shape index (κ2) is 9.84. The van der Waals surface area contributed by atoms with Gasteiger partial charge in [0.25, 0.3) is 12.0 Å². The van der Waals surface area contributed by atoms with Crippen molar-refractivity contribution in [2.45, 2.75) is 70.4 Å². The number of aromatic nitrogens is 3. The molecule has 2 aromatic heterocycles. The fraction of sp³-hybridized carbons (Fsp3) is 0.438. The zero-order valence-corrected chi connectivity index (χ0v) is 23.0. The Bertz CT molecular complexity index is 1660. The van der Waals surface area contributed by atoms with Gasteiger partial charge in [-0.2, -0.15) is 5.10 Å². The lowest BCUT2D eigenvalue weighted by atomic mass is 9.92. The third-order valence-corrected chi connectivity index (χ3v) is 8.83. The van der Waals surface area contributed by atoms with Gasteiger partial charge in [0.1, 0.15) is 6.23 Å². The van der Waals surface area contributed by atoms with Gasteiger partial charge >= 0.3 is 0 Å². The lowest BCUT2D eigenvalue weighted by Gasteiger charge is -2.34. The van der Waals surface area contributed by atoms with Crippen LogP contribution in [0.4, 0.5) is 20.2 Å². The zero-order valence-electron chi connectivity index (χ0n) is 23.0. The molecule has 0 N–H and O–H groups in total. The number of rotatable bonds is 5. The predicted octanol–water partition coefficient (Wildman–Crippen LogP) is 7.31. The Kier molecular flexibility index (Phi) is 6.26. The molecule has 4 heterocycles. The van der Waals surface area contributed by atoms with E-state index in [0.717, 1.165) is 79.3 Å². The van der Waals surface area contributed by atoms with Crippen LogP contribution in [-0.2, 0) is 18.2 Å². The van der Waals surface area contributed by atoms with Crippen LogP contribution in [0, 0.1) is 6.92 Å². The van der Waals surface area contributed by atoms with E-state index in [-0.39, 0.29) is 17.4 Å². The number of fused-ring (bicyclic) bond motifs is 2. The quantitative estimate of drug-likeness (QED) is 0.264. The smallest absolute Gasteiger partial charge is 0.264 e. The van der Waals surface area contributed by atoms with E-state index in [1.807, 2.05) is 32.3 Å². The molecule has 8 heteroatoms. The molecular weight excluding hydrogens is 510 g/mol. The van der Waals surface area contributed by atoms with Crippen molar-refractivity contribution in [3.05, 3.63) is 75.3 Å². The number of alkyl halides is 2. The van der Waals surface area contributed by atoms with Crippen molar-refractivity contribution in [2.24, 2.45) is 7.05 Å². The van der Waals surface area contributed by atoms with Gasteiger partial charge in [0.2, 0.25) is 0 Å². The number of pyridine rings is 1. The molecule has 40 heavy (non-hydrogen) atoms. The van der Waals surface area contributed by atoms with E-state index >= 15 is 0 Å². The molecule has 2 fully saturated rings. The average molecular weight is 545 g/mol. The van der Waals surface area contributed by atoms with Crippen molar-refractivity contribution in [2.75, 3.05) is 18.1 Å². The van der Waals surface area contributed by atoms with Gasteiger partial charge in [-0.15, -0.1) is 0 Å². The topological polar surface area (TPSA) is 52.3 Å². The van der Waals surface area contributed by atoms with Gasteiger partial charge in [-0.1, -0.05) is 0 Å². The fourth-order valence-corrected chi connectivity index (χ4v) is 6.49. The molecule has 3 aliphatic rings. The molecule has 1 aliphatic carbocycles. The van der Waals surface area contributed by atoms with Crippen LogP contribution in [0.15, 0.2) is 47.5 Å². The fourth-order valence-electron chi connectivity index (χ4n) is 6.49. The molecule has 2 aromatic carbocycles. The molecular formula is C32H34F2N4O2. The van der Waals surface area contributed by atoms with Crippen molar-refractivity contribution in [3.8, 4) is 11.1 Å². The summed E-state index contributed by atoms with van der Waals surface area (Å²) < 4.78 is 38.7. The minimum atomic E-state index is -2.63. The van der Waals surface area contributed by atoms with Crippen molar-refractivity contribution < 1.29 is 13.5 Å². The van der Waals surface area contributed by atoms with Crippen molar-refractivity contribution in [3.63, 3.8) is 0 Å². The monoisotopic (exact) mass is 544 g/mol. The van der Waals surface area contributed by atoms with E-state index in [1.54, 1.807) is 21.5 Å². The first-order valence-corrected chi connectivity index (χ1v) is 14.4. The second-order valence-corrected chi connectivity index (χ2v) is 11.6. The molecule has 0 amide bonds. The number of nitrogens with zero attached hydrogens (tertiary/aromatic N) is 4. The van der Waals surface area contributed by atoms with E-state index in [2.05, 4.69) is 22.1 Å². The third-order valence-electron chi connectivity index (χ3n) is 8.83. The maximum absolute atomic E-state index is 14.6. The van der Waals surface area contributed by atoms with Crippen LogP contribution >= 0.6 is 0 Å². The summed E-state index contributed by atoms with van der Waals surface area (Å²) >= 11 is 0. The highest BCUT2D eigenvalue weighted by molar-refractivity contribution is 5.96. The molecule has 208 valence electrons. The van der Waals surface area contributed by atoms with Gasteiger partial charge in [0.05, 0.1) is 17.4 Å². The van der Waals surface area contributed by atoms with Crippen molar-refractivity contribution >= 4 is 22.3 Å². The summed E-state index contributed by atoms with van der Waals surface area (Å²) in [6, 6.07) is 9.96. The zero-order chi connectivity index (χ0) is 27.5. The lowest BCUT2D eigenvalue weighted by molar-refractivity contribution is -0.0394. The van der Waals surface area contributed by atoms with E-state index < -0.39 is 6.43 Å². The molecule has 0 bridgehead atoms. The van der Waals surface area contributed by atoms with Gasteiger partial charge in [-0.3, -0.25) is 4.79 Å². The second-order valence-electron chi connectivity index (χ2n) is 11.6. The van der Waals surface area contributed by atoms with E-state index in [4.69, 9.17) is 4.74 Å². The molecule has 1 atom stereocenters. The molecule has 1 saturated carbocycles. The normalized spacial score (nSPS) is 19.4. The largest absolute Gasteiger partial charge is 0.357 e. The third kappa shape index (κ3) is 4.33. The molecule has 7 rings (SSSR count). The Morgan fingerprint density at radius 3 is 2.62 bits per heavy atom. The van der Waals surface area contributed by atoms with Crippen molar-refractivity contribution in [1.29, 1.82) is 0 Å². The van der Waals surface area contributed by atoms with Crippen LogP contribution in [-0.4, -0.2) is 27.5 Å². The van der Waals surface area contributed by atoms with E-state index in [9.17, 15) is 13.6 Å². The molecule has 0 spiro atoms. The number of aryl methyl sites for hydroxylation is 3. The molecule has 0 radical (unpaired) electrons. The lowest BCUT2D eigenvalue weighted by Crippen LogP contribution is -2.26. The number of ether oxygens (including phenoxy) is 1. The van der Waals surface area contributed by atoms with Crippen LogP contribution in [0.1, 0.15) is 79.3 Å². The van der Waals surface area contributed by atoms with Gasteiger partial charge in [-0.05, 0) is 105 Å². The Morgan fingerprint density at radius 2 is 1.88 bits per heavy atom. The average Bonchev–Trinajstić information content (AvgIpc) is 3.71. The van der Waals surface area contributed by atoms with Gasteiger partial charge in [0.15, 0.2) is 0 Å². The highest BCUT2D eigenvalue weighted by Crippen LogP contribution is 2.47. The predicted molar refractivity (Wildman–Crippen MR) is 153 cm³/mol. The highest BCUT2D eigenvalue weighted by Gasteiger charge is 2.29. The Hall–Kier alpha value is -3.52. The summed E-state index contributed by atoms with van der Waals surface area (Å²) in [5.41, 5.74) is 6.90. The minimum absolute atomic E-state index is 0.00533. The highest BCUT2D eigenvalue weighted by atomic mass is 19.3. The Labute approximate surface area is 232 Å². The Balaban J connectivity index is 1.36. The van der Waals surface area contributed by atoms with Gasteiger partial charge in [0, 0.05) is 54.2 Å². The summed E-state index contributed by atoms with van der Waals surface area (Å²) in [5.74, 6) is 0.493. The van der Waals surface area contributed by atoms with Crippen LogP contribution in [0.5, 0.6) is 0 Å². The van der Waals surface area contributed by atoms with Gasteiger partial charge in [-0.25, -0.2) is 13.5 Å². The maximum atomic E-state index is 14.6. The van der Waals surface area contributed by atoms with Crippen LogP contribution in [0.2, 0.25) is 0 Å². The Morgan fingerprint density at radius 1 is 1.02 bits per heavy atom. The molecule has 2 aliphatic heterocycles. The minimum Gasteiger partial charge on any atom is -0.357 e. The first kappa shape index (κ1) is 25.4. The SMILES string of the molecule is Cc1cc2c(N3CCCc4cc(-c5cnn(C6CCCCO6)c5)c(C(F)F)cc43)cc(C3CC3)cc2n(C)c1=O. The summed E-state index contributed by atoms with van der Waals surface area (Å²) in [4.78, 5) is 15.0. The molecule has 6 nitrogen and oxygen atoms in total. The van der Waals surface area contributed by atoms with Crippen LogP contribution in [0.25, 0.3) is 22.0 Å².